The van der Waals surface area contributed by atoms with Crippen LogP contribution < -0.4 is 0 Å². The molecule has 0 aromatic rings. The van der Waals surface area contributed by atoms with Crippen LogP contribution in [0, 0.1) is 0 Å². The summed E-state index contributed by atoms with van der Waals surface area (Å²) in [6, 6.07) is 0. The molecule has 5 heteroatoms. The number of rotatable bonds is 10. The van der Waals surface area contributed by atoms with Crippen molar-refractivity contribution in [2.24, 2.45) is 0 Å². The quantitative estimate of drug-likeness (QED) is 0.455. The van der Waals surface area contributed by atoms with Crippen LogP contribution in [-0.4, -0.2) is 66.7 Å². The van der Waals surface area contributed by atoms with Crippen molar-refractivity contribution < 1.29 is 4.43 Å². The van der Waals surface area contributed by atoms with Crippen molar-refractivity contribution in [3.63, 3.8) is 0 Å². The molecule has 0 fully saturated rings. The van der Waals surface area contributed by atoms with Crippen molar-refractivity contribution in [3.05, 3.63) is 11.4 Å². The summed E-state index contributed by atoms with van der Waals surface area (Å²) in [4.78, 5) is 5.09. The molecular formula is C15H32N2OSi2. The summed E-state index contributed by atoms with van der Waals surface area (Å²) < 4.78 is 5.76. The summed E-state index contributed by atoms with van der Waals surface area (Å²) in [6.07, 6.45) is 0. The van der Waals surface area contributed by atoms with Crippen LogP contribution in [0.15, 0.2) is 11.4 Å². The molecule has 0 spiro atoms. The molecule has 0 N–H and O–H groups in total. The average Bonchev–Trinajstić information content (AvgIpc) is 2.39. The normalized spacial score (nSPS) is 13.3. The zero-order chi connectivity index (χ0) is 15.6. The van der Waals surface area contributed by atoms with Gasteiger partial charge in [0.1, 0.15) is 9.52 Å². The molecule has 3 nitrogen and oxygen atoms in total. The molecule has 0 aliphatic heterocycles. The van der Waals surface area contributed by atoms with E-state index < -0.39 is 0 Å². The Bertz CT molecular complexity index is 247. The molecule has 0 saturated heterocycles. The van der Waals surface area contributed by atoms with Crippen molar-refractivity contribution >= 4 is 19.3 Å². The molecule has 116 valence electrons. The molecule has 0 rings (SSSR count). The largest absolute Gasteiger partial charge is 0.407 e. The van der Waals surface area contributed by atoms with Gasteiger partial charge in [0.05, 0.1) is 5.79 Å². The van der Waals surface area contributed by atoms with Gasteiger partial charge in [-0.05, 0) is 47.0 Å². The van der Waals surface area contributed by atoms with Crippen LogP contribution in [0.4, 0.5) is 0 Å². The van der Waals surface area contributed by atoms with E-state index in [2.05, 4.69) is 69.7 Å². The fourth-order valence-corrected chi connectivity index (χ4v) is 4.36. The summed E-state index contributed by atoms with van der Waals surface area (Å²) in [6.45, 7) is 19.7. The fourth-order valence-electron chi connectivity index (χ4n) is 1.96. The first-order chi connectivity index (χ1) is 9.39. The highest BCUT2D eigenvalue weighted by atomic mass is 28.2. The SMILES string of the molecule is CCN(CC)C([Si]C=C[Si]OC(C)(C)C)N(CC)CC. The van der Waals surface area contributed by atoms with Crippen molar-refractivity contribution in [2.45, 2.75) is 59.9 Å². The first kappa shape index (κ1) is 20.1. The summed E-state index contributed by atoms with van der Waals surface area (Å²) in [5.41, 5.74) is 4.47. The number of hydrogen-bond acceptors (Lipinski definition) is 3. The Morgan fingerprint density at radius 1 is 0.900 bits per heavy atom. The van der Waals surface area contributed by atoms with E-state index in [1.54, 1.807) is 0 Å². The highest BCUT2D eigenvalue weighted by molar-refractivity contribution is 6.47. The number of nitrogens with zero attached hydrogens (tertiary/aromatic N) is 2. The maximum absolute atomic E-state index is 5.76. The van der Waals surface area contributed by atoms with E-state index >= 15 is 0 Å². The molecule has 0 aromatic heterocycles. The van der Waals surface area contributed by atoms with Crippen LogP contribution in [0.1, 0.15) is 48.5 Å². The first-order valence-electron chi connectivity index (χ1n) is 7.72. The van der Waals surface area contributed by atoms with Crippen LogP contribution in [0.5, 0.6) is 0 Å². The Labute approximate surface area is 131 Å². The summed E-state index contributed by atoms with van der Waals surface area (Å²) in [5.74, 6) is 0.538. The van der Waals surface area contributed by atoms with E-state index in [0.29, 0.717) is 15.6 Å². The lowest BCUT2D eigenvalue weighted by molar-refractivity contribution is 0.116. The van der Waals surface area contributed by atoms with Gasteiger partial charge in [-0.25, -0.2) is 0 Å². The van der Waals surface area contributed by atoms with E-state index in [9.17, 15) is 0 Å². The minimum atomic E-state index is -0.0386. The second-order valence-electron chi connectivity index (χ2n) is 5.65. The van der Waals surface area contributed by atoms with E-state index in [1.165, 1.54) is 0 Å². The molecule has 0 atom stereocenters. The van der Waals surface area contributed by atoms with E-state index in [-0.39, 0.29) is 5.60 Å². The topological polar surface area (TPSA) is 15.7 Å². The third-order valence-electron chi connectivity index (χ3n) is 3.08. The third kappa shape index (κ3) is 8.36. The van der Waals surface area contributed by atoms with Gasteiger partial charge in [0.2, 0.25) is 0 Å². The predicted molar refractivity (Wildman–Crippen MR) is 91.1 cm³/mol. The van der Waals surface area contributed by atoms with Gasteiger partial charge in [0.15, 0.2) is 0 Å². The second-order valence-corrected chi connectivity index (χ2v) is 7.60. The molecule has 0 bridgehead atoms. The van der Waals surface area contributed by atoms with Crippen molar-refractivity contribution in [1.82, 2.24) is 9.80 Å². The number of hydrogen-bond donors (Lipinski definition) is 0. The van der Waals surface area contributed by atoms with Crippen LogP contribution in [0.2, 0.25) is 0 Å². The van der Waals surface area contributed by atoms with Crippen molar-refractivity contribution in [3.8, 4) is 0 Å². The van der Waals surface area contributed by atoms with Gasteiger partial charge in [0.25, 0.3) is 9.76 Å². The molecule has 20 heavy (non-hydrogen) atoms. The summed E-state index contributed by atoms with van der Waals surface area (Å²) in [7, 11) is 1.27. The van der Waals surface area contributed by atoms with Crippen molar-refractivity contribution in [2.75, 3.05) is 26.2 Å². The molecule has 0 heterocycles. The van der Waals surface area contributed by atoms with Gasteiger partial charge >= 0.3 is 0 Å². The second kappa shape index (κ2) is 10.7. The van der Waals surface area contributed by atoms with Crippen LogP contribution in [0.25, 0.3) is 0 Å². The Morgan fingerprint density at radius 3 is 1.70 bits per heavy atom. The average molecular weight is 313 g/mol. The smallest absolute Gasteiger partial charge is 0.260 e. The predicted octanol–water partition coefficient (Wildman–Crippen LogP) is 2.56. The highest BCUT2D eigenvalue weighted by Gasteiger charge is 2.20. The Morgan fingerprint density at radius 2 is 1.35 bits per heavy atom. The van der Waals surface area contributed by atoms with Crippen LogP contribution in [0.3, 0.4) is 0 Å². The molecule has 0 aliphatic rings. The zero-order valence-corrected chi connectivity index (χ0v) is 16.4. The monoisotopic (exact) mass is 312 g/mol. The molecule has 4 radical (unpaired) electrons. The molecule has 0 aliphatic carbocycles. The molecular weight excluding hydrogens is 280 g/mol. The van der Waals surface area contributed by atoms with Crippen LogP contribution in [-0.2, 0) is 4.43 Å². The summed E-state index contributed by atoms with van der Waals surface area (Å²) >= 11 is 0. The fraction of sp³-hybridized carbons (Fsp3) is 0.867. The lowest BCUT2D eigenvalue weighted by Gasteiger charge is -2.37. The molecule has 0 amide bonds. The maximum Gasteiger partial charge on any atom is 0.260 e. The minimum absolute atomic E-state index is 0.0386. The van der Waals surface area contributed by atoms with Gasteiger partial charge in [-0.15, -0.1) is 5.70 Å². The highest BCUT2D eigenvalue weighted by Crippen LogP contribution is 2.07. The van der Waals surface area contributed by atoms with Gasteiger partial charge in [0, 0.05) is 5.60 Å². The lowest BCUT2D eigenvalue weighted by atomic mass is 10.2. The lowest BCUT2D eigenvalue weighted by Crippen LogP contribution is -2.51. The Kier molecular flexibility index (Phi) is 10.8. The maximum atomic E-state index is 5.76. The standard InChI is InChI=1S/C15H32N2OSi2/c1-8-16(9-2)14(17(10-3)11-4)19-12-13-20-18-15(5,6)7/h12-14H,8-11H2,1-7H3. The van der Waals surface area contributed by atoms with Gasteiger partial charge < -0.3 is 4.43 Å². The Balaban J connectivity index is 4.46. The van der Waals surface area contributed by atoms with Gasteiger partial charge in [-0.2, -0.15) is 0 Å². The first-order valence-corrected chi connectivity index (χ1v) is 9.86. The van der Waals surface area contributed by atoms with E-state index in [0.717, 1.165) is 35.7 Å². The van der Waals surface area contributed by atoms with Crippen LogP contribution >= 0.6 is 0 Å². The van der Waals surface area contributed by atoms with E-state index in [1.807, 2.05) is 0 Å². The Hall–Kier alpha value is 0.0538. The van der Waals surface area contributed by atoms with E-state index in [4.69, 9.17) is 4.43 Å². The molecule has 0 aromatic carbocycles. The molecule has 0 unspecified atom stereocenters. The zero-order valence-electron chi connectivity index (χ0n) is 14.4. The summed E-state index contributed by atoms with van der Waals surface area (Å²) in [5, 5.41) is 0. The van der Waals surface area contributed by atoms with Gasteiger partial charge in [-0.1, -0.05) is 33.4 Å². The van der Waals surface area contributed by atoms with Gasteiger partial charge in [-0.3, -0.25) is 9.80 Å². The van der Waals surface area contributed by atoms with Crippen molar-refractivity contribution in [1.29, 1.82) is 0 Å². The third-order valence-corrected chi connectivity index (χ3v) is 5.83. The molecule has 0 saturated carbocycles. The minimum Gasteiger partial charge on any atom is -0.407 e.